The summed E-state index contributed by atoms with van der Waals surface area (Å²) in [5.41, 5.74) is 0.383. The Morgan fingerprint density at radius 3 is 2.87 bits per heavy atom. The quantitative estimate of drug-likeness (QED) is 0.779. The van der Waals surface area contributed by atoms with E-state index in [4.69, 9.17) is 21.1 Å². The number of hydrogen-bond donors (Lipinski definition) is 1. The molecule has 1 N–H and O–H groups in total. The van der Waals surface area contributed by atoms with Crippen LogP contribution in [0.4, 0.5) is 5.69 Å². The average Bonchev–Trinajstić information content (AvgIpc) is 3.00. The summed E-state index contributed by atoms with van der Waals surface area (Å²) in [4.78, 5) is 23.8. The van der Waals surface area contributed by atoms with E-state index in [2.05, 4.69) is 20.8 Å². The number of ether oxygens (including phenoxy) is 2. The van der Waals surface area contributed by atoms with Gasteiger partial charge < -0.3 is 14.8 Å². The second-order valence-electron chi connectivity index (χ2n) is 4.47. The van der Waals surface area contributed by atoms with Gasteiger partial charge in [0.05, 0.1) is 12.8 Å². The molecule has 1 amide bonds. The van der Waals surface area contributed by atoms with Crippen molar-refractivity contribution in [1.29, 1.82) is 0 Å². The van der Waals surface area contributed by atoms with Crippen molar-refractivity contribution in [3.8, 4) is 5.75 Å². The van der Waals surface area contributed by atoms with E-state index in [1.165, 1.54) is 31.1 Å². The highest BCUT2D eigenvalue weighted by Gasteiger charge is 2.19. The molecule has 0 aliphatic rings. The molecule has 122 valence electrons. The number of halogens is 1. The zero-order valence-electron chi connectivity index (χ0n) is 12.4. The van der Waals surface area contributed by atoms with Gasteiger partial charge >= 0.3 is 5.97 Å². The number of esters is 1. The van der Waals surface area contributed by atoms with Gasteiger partial charge in [0.1, 0.15) is 18.6 Å². The molecule has 1 heterocycles. The van der Waals surface area contributed by atoms with Crippen LogP contribution in [-0.2, 0) is 20.9 Å². The number of anilines is 1. The maximum atomic E-state index is 12.1. The van der Waals surface area contributed by atoms with Crippen molar-refractivity contribution in [2.75, 3.05) is 12.4 Å². The van der Waals surface area contributed by atoms with Crippen molar-refractivity contribution < 1.29 is 19.1 Å². The van der Waals surface area contributed by atoms with E-state index in [0.29, 0.717) is 16.5 Å². The van der Waals surface area contributed by atoms with Crippen molar-refractivity contribution in [3.63, 3.8) is 0 Å². The maximum Gasteiger partial charge on any atom is 0.328 e. The largest absolute Gasteiger partial charge is 0.495 e. The molecule has 1 aromatic heterocycles. The SMILES string of the molecule is COc1ccc(Cl)cc1NC(=O)[C@H](C)OC(=O)Cn1cnnn1. The van der Waals surface area contributed by atoms with E-state index in [-0.39, 0.29) is 6.54 Å². The zero-order chi connectivity index (χ0) is 16.8. The molecule has 1 aromatic carbocycles. The molecule has 23 heavy (non-hydrogen) atoms. The summed E-state index contributed by atoms with van der Waals surface area (Å²) in [6.07, 6.45) is 0.255. The molecule has 0 aliphatic carbocycles. The van der Waals surface area contributed by atoms with Crippen LogP contribution in [0.1, 0.15) is 6.92 Å². The van der Waals surface area contributed by atoms with Crippen LogP contribution >= 0.6 is 11.6 Å². The number of benzene rings is 1. The minimum atomic E-state index is -1.01. The number of carbonyl (C=O) groups is 2. The number of hydrogen-bond acceptors (Lipinski definition) is 7. The van der Waals surface area contributed by atoms with E-state index in [1.54, 1.807) is 12.1 Å². The van der Waals surface area contributed by atoms with Crippen molar-refractivity contribution in [2.45, 2.75) is 19.6 Å². The number of nitrogens with zero attached hydrogens (tertiary/aromatic N) is 4. The minimum Gasteiger partial charge on any atom is -0.495 e. The van der Waals surface area contributed by atoms with Crippen molar-refractivity contribution >= 4 is 29.2 Å². The van der Waals surface area contributed by atoms with Gasteiger partial charge in [0.25, 0.3) is 5.91 Å². The van der Waals surface area contributed by atoms with E-state index in [1.807, 2.05) is 0 Å². The van der Waals surface area contributed by atoms with Gasteiger partial charge in [-0.05, 0) is 35.5 Å². The highest BCUT2D eigenvalue weighted by Crippen LogP contribution is 2.27. The van der Waals surface area contributed by atoms with Gasteiger partial charge in [-0.3, -0.25) is 9.59 Å². The van der Waals surface area contributed by atoms with Crippen LogP contribution in [0.3, 0.4) is 0 Å². The average molecular weight is 340 g/mol. The molecule has 0 radical (unpaired) electrons. The molecule has 10 heteroatoms. The fourth-order valence-corrected chi connectivity index (χ4v) is 1.86. The predicted molar refractivity (Wildman–Crippen MR) is 80.0 cm³/mol. The van der Waals surface area contributed by atoms with E-state index in [0.717, 1.165) is 0 Å². The van der Waals surface area contributed by atoms with Crippen LogP contribution in [0, 0.1) is 0 Å². The lowest BCUT2D eigenvalue weighted by Gasteiger charge is -2.15. The number of carbonyl (C=O) groups excluding carboxylic acids is 2. The van der Waals surface area contributed by atoms with Gasteiger partial charge in [-0.15, -0.1) is 5.10 Å². The van der Waals surface area contributed by atoms with Crippen LogP contribution in [-0.4, -0.2) is 45.3 Å². The highest BCUT2D eigenvalue weighted by molar-refractivity contribution is 6.31. The van der Waals surface area contributed by atoms with Crippen LogP contribution in [0.25, 0.3) is 0 Å². The second-order valence-corrected chi connectivity index (χ2v) is 4.91. The van der Waals surface area contributed by atoms with Crippen molar-refractivity contribution in [3.05, 3.63) is 29.5 Å². The molecule has 0 saturated heterocycles. The lowest BCUT2D eigenvalue weighted by atomic mass is 10.2. The topological polar surface area (TPSA) is 108 Å². The fourth-order valence-electron chi connectivity index (χ4n) is 1.69. The summed E-state index contributed by atoms with van der Waals surface area (Å²) in [5, 5.41) is 13.3. The number of rotatable bonds is 6. The molecular formula is C13H14ClN5O4. The Morgan fingerprint density at radius 2 is 2.22 bits per heavy atom. The fraction of sp³-hybridized carbons (Fsp3) is 0.308. The van der Waals surface area contributed by atoms with Crippen molar-refractivity contribution in [2.24, 2.45) is 0 Å². The third-order valence-corrected chi connectivity index (χ3v) is 3.01. The summed E-state index contributed by atoms with van der Waals surface area (Å²) in [6, 6.07) is 4.78. The Hall–Kier alpha value is -2.68. The number of tetrazole rings is 1. The van der Waals surface area contributed by atoms with Gasteiger partial charge in [0, 0.05) is 5.02 Å². The number of amides is 1. The smallest absolute Gasteiger partial charge is 0.328 e. The summed E-state index contributed by atoms with van der Waals surface area (Å²) in [7, 11) is 1.47. The Balaban J connectivity index is 1.94. The monoisotopic (exact) mass is 339 g/mol. The van der Waals surface area contributed by atoms with Crippen LogP contribution < -0.4 is 10.1 Å². The second kappa shape index (κ2) is 7.54. The Morgan fingerprint density at radius 1 is 1.43 bits per heavy atom. The first kappa shape index (κ1) is 16.7. The first-order valence-electron chi connectivity index (χ1n) is 6.54. The van der Waals surface area contributed by atoms with Gasteiger partial charge in [-0.25, -0.2) is 4.68 Å². The molecule has 0 unspecified atom stereocenters. The first-order chi connectivity index (χ1) is 11.0. The molecule has 2 aromatic rings. The third kappa shape index (κ3) is 4.65. The first-order valence-corrected chi connectivity index (χ1v) is 6.92. The van der Waals surface area contributed by atoms with Gasteiger partial charge in [0.15, 0.2) is 6.10 Å². The van der Waals surface area contributed by atoms with E-state index >= 15 is 0 Å². The zero-order valence-corrected chi connectivity index (χ0v) is 13.1. The Bertz CT molecular complexity index is 692. The van der Waals surface area contributed by atoms with Crippen LogP contribution in [0.15, 0.2) is 24.5 Å². The number of aromatic nitrogens is 4. The van der Waals surface area contributed by atoms with Crippen molar-refractivity contribution in [1.82, 2.24) is 20.2 Å². The molecule has 9 nitrogen and oxygen atoms in total. The summed E-state index contributed by atoms with van der Waals surface area (Å²) in [6.45, 7) is 1.26. The number of nitrogens with one attached hydrogen (secondary N) is 1. The van der Waals surface area contributed by atoms with Crippen LogP contribution in [0.5, 0.6) is 5.75 Å². The van der Waals surface area contributed by atoms with Gasteiger partial charge in [-0.1, -0.05) is 11.6 Å². The summed E-state index contributed by atoms with van der Waals surface area (Å²) < 4.78 is 11.3. The summed E-state index contributed by atoms with van der Waals surface area (Å²) >= 11 is 5.89. The third-order valence-electron chi connectivity index (χ3n) is 2.78. The molecule has 0 aliphatic heterocycles. The Labute approximate surface area is 136 Å². The standard InChI is InChI=1S/C13H14ClN5O4/c1-8(23-12(20)6-19-7-15-17-18-19)13(21)16-10-5-9(14)3-4-11(10)22-2/h3-5,7-8H,6H2,1-2H3,(H,16,21)/t8-/m0/s1. The normalized spacial score (nSPS) is 11.6. The molecule has 0 spiro atoms. The number of methoxy groups -OCH3 is 1. The predicted octanol–water partition coefficient (Wildman–Crippen LogP) is 0.905. The molecule has 0 saturated carbocycles. The Kier molecular flexibility index (Phi) is 5.47. The van der Waals surface area contributed by atoms with Gasteiger partial charge in [0.2, 0.25) is 0 Å². The van der Waals surface area contributed by atoms with Crippen LogP contribution in [0.2, 0.25) is 5.02 Å². The molecule has 0 fully saturated rings. The lowest BCUT2D eigenvalue weighted by Crippen LogP contribution is -2.31. The lowest BCUT2D eigenvalue weighted by molar-refractivity contribution is -0.153. The van der Waals surface area contributed by atoms with Gasteiger partial charge in [-0.2, -0.15) is 0 Å². The van der Waals surface area contributed by atoms with E-state index in [9.17, 15) is 9.59 Å². The van der Waals surface area contributed by atoms with E-state index < -0.39 is 18.0 Å². The maximum absolute atomic E-state index is 12.1. The molecule has 0 bridgehead atoms. The molecule has 2 rings (SSSR count). The minimum absolute atomic E-state index is 0.189. The molecular weight excluding hydrogens is 326 g/mol. The molecule has 1 atom stereocenters. The highest BCUT2D eigenvalue weighted by atomic mass is 35.5. The summed E-state index contributed by atoms with van der Waals surface area (Å²) in [5.74, 6) is -0.719.